The Labute approximate surface area is 151 Å². The number of nitrogens with zero attached hydrogens (tertiary/aromatic N) is 4. The van der Waals surface area contributed by atoms with E-state index in [1.165, 1.54) is 6.20 Å². The number of hydrogen-bond donors (Lipinski definition) is 2. The Morgan fingerprint density at radius 1 is 1.27 bits per heavy atom. The second-order valence-corrected chi connectivity index (χ2v) is 5.69. The van der Waals surface area contributed by atoms with E-state index in [0.717, 1.165) is 17.7 Å². The normalized spacial score (nSPS) is 17.7. The summed E-state index contributed by atoms with van der Waals surface area (Å²) in [6.45, 7) is 0. The molecule has 0 radical (unpaired) electrons. The largest absolute Gasteiger partial charge is 0.497 e. The molecule has 0 fully saturated rings. The third-order valence-corrected chi connectivity index (χ3v) is 3.85. The van der Waals surface area contributed by atoms with Crippen molar-refractivity contribution in [1.82, 2.24) is 15.2 Å². The van der Waals surface area contributed by atoms with Crippen LogP contribution < -0.4 is 11.5 Å². The van der Waals surface area contributed by atoms with Crippen LogP contribution in [0.2, 0.25) is 0 Å². The first-order valence-electron chi connectivity index (χ1n) is 8.14. The number of nitrogens with two attached hydrogens (primary N) is 2. The quantitative estimate of drug-likeness (QED) is 0.634. The van der Waals surface area contributed by atoms with Crippen molar-refractivity contribution < 1.29 is 4.74 Å². The molecule has 0 saturated carbocycles. The van der Waals surface area contributed by atoms with E-state index in [9.17, 15) is 0 Å². The molecule has 0 spiro atoms. The highest BCUT2D eigenvalue weighted by molar-refractivity contribution is 5.98. The predicted molar refractivity (Wildman–Crippen MR) is 101 cm³/mol. The molecule has 1 heterocycles. The standard InChI is InChI=1S/C19H20N6O/c1-26-15-9-7-14(8-10-15)19-24-18(12-22-25-19)23-17(21)11-16(20)13-5-3-2-4-6-13/h2-7,9-12,14H,8,20H2,1H3,(H2,21,23,24,25)/b16-11-. The van der Waals surface area contributed by atoms with Crippen LogP contribution in [0.4, 0.5) is 5.82 Å². The third kappa shape index (κ3) is 4.32. The van der Waals surface area contributed by atoms with Crippen LogP contribution in [0, 0.1) is 0 Å². The maximum absolute atomic E-state index is 6.05. The SMILES string of the molecule is COC1=CCC(c2nncc(N=C(N)/C=C(\N)c3ccccc3)n2)C=C1. The topological polar surface area (TPSA) is 112 Å². The summed E-state index contributed by atoms with van der Waals surface area (Å²) in [5.74, 6) is 2.08. The smallest absolute Gasteiger partial charge is 0.176 e. The monoisotopic (exact) mass is 348 g/mol. The minimum absolute atomic E-state index is 0.0303. The molecule has 2 aromatic rings. The highest BCUT2D eigenvalue weighted by Crippen LogP contribution is 2.25. The molecule has 0 aliphatic heterocycles. The van der Waals surface area contributed by atoms with E-state index in [0.29, 0.717) is 17.3 Å². The van der Waals surface area contributed by atoms with Gasteiger partial charge in [-0.15, -0.1) is 5.10 Å². The summed E-state index contributed by atoms with van der Waals surface area (Å²) < 4.78 is 5.19. The fourth-order valence-electron chi connectivity index (χ4n) is 2.50. The maximum Gasteiger partial charge on any atom is 0.176 e. The van der Waals surface area contributed by atoms with Gasteiger partial charge in [0.1, 0.15) is 11.6 Å². The lowest BCUT2D eigenvalue weighted by molar-refractivity contribution is 0.302. The van der Waals surface area contributed by atoms with Crippen LogP contribution in [0.3, 0.4) is 0 Å². The van der Waals surface area contributed by atoms with Gasteiger partial charge in [-0.05, 0) is 24.1 Å². The van der Waals surface area contributed by atoms with Gasteiger partial charge in [-0.3, -0.25) is 0 Å². The molecule has 1 aromatic heterocycles. The van der Waals surface area contributed by atoms with Gasteiger partial charge >= 0.3 is 0 Å². The van der Waals surface area contributed by atoms with Crippen LogP contribution in [-0.2, 0) is 4.74 Å². The zero-order valence-electron chi connectivity index (χ0n) is 14.4. The molecule has 3 rings (SSSR count). The van der Waals surface area contributed by atoms with Crippen LogP contribution in [-0.4, -0.2) is 28.1 Å². The number of hydrogen-bond acceptors (Lipinski definition) is 6. The van der Waals surface area contributed by atoms with Gasteiger partial charge in [-0.1, -0.05) is 36.4 Å². The van der Waals surface area contributed by atoms with E-state index >= 15 is 0 Å². The molecular weight excluding hydrogens is 328 g/mol. The summed E-state index contributed by atoms with van der Waals surface area (Å²) in [7, 11) is 1.64. The van der Waals surface area contributed by atoms with Crippen molar-refractivity contribution in [2.45, 2.75) is 12.3 Å². The molecule has 7 nitrogen and oxygen atoms in total. The number of aromatic nitrogens is 3. The summed E-state index contributed by atoms with van der Waals surface area (Å²) in [4.78, 5) is 8.71. The van der Waals surface area contributed by atoms with Crippen molar-refractivity contribution in [3.63, 3.8) is 0 Å². The fraction of sp³-hybridized carbons (Fsp3) is 0.158. The van der Waals surface area contributed by atoms with Crippen LogP contribution in [0.5, 0.6) is 0 Å². The second kappa shape index (κ2) is 8.06. The summed E-state index contributed by atoms with van der Waals surface area (Å²) in [6.07, 6.45) is 9.68. The van der Waals surface area contributed by atoms with E-state index in [-0.39, 0.29) is 11.8 Å². The van der Waals surface area contributed by atoms with Crippen LogP contribution >= 0.6 is 0 Å². The first kappa shape index (κ1) is 17.3. The molecule has 4 N–H and O–H groups in total. The lowest BCUT2D eigenvalue weighted by atomic mass is 9.99. The maximum atomic E-state index is 6.05. The van der Waals surface area contributed by atoms with Gasteiger partial charge in [0.15, 0.2) is 11.6 Å². The van der Waals surface area contributed by atoms with Crippen molar-refractivity contribution in [1.29, 1.82) is 0 Å². The molecule has 1 aliphatic carbocycles. The number of methoxy groups -OCH3 is 1. The Morgan fingerprint density at radius 2 is 2.08 bits per heavy atom. The van der Waals surface area contributed by atoms with Crippen molar-refractivity contribution in [3.8, 4) is 0 Å². The Hall–Kier alpha value is -3.48. The Bertz CT molecular complexity index is 886. The van der Waals surface area contributed by atoms with E-state index in [1.54, 1.807) is 13.2 Å². The van der Waals surface area contributed by atoms with Gasteiger partial charge in [0.2, 0.25) is 0 Å². The molecule has 0 bridgehead atoms. The summed E-state index contributed by atoms with van der Waals surface area (Å²) in [6, 6.07) is 9.55. The predicted octanol–water partition coefficient (Wildman–Crippen LogP) is 2.43. The van der Waals surface area contributed by atoms with Crippen molar-refractivity contribution in [2.75, 3.05) is 7.11 Å². The van der Waals surface area contributed by atoms with Crippen molar-refractivity contribution >= 4 is 17.4 Å². The Morgan fingerprint density at radius 3 is 2.77 bits per heavy atom. The molecular formula is C19H20N6O. The molecule has 0 saturated heterocycles. The van der Waals surface area contributed by atoms with Gasteiger partial charge in [0, 0.05) is 17.7 Å². The molecule has 0 amide bonds. The van der Waals surface area contributed by atoms with Crippen molar-refractivity contribution in [3.05, 3.63) is 78.0 Å². The highest BCUT2D eigenvalue weighted by Gasteiger charge is 2.15. The lowest BCUT2D eigenvalue weighted by Gasteiger charge is -2.13. The summed E-state index contributed by atoms with van der Waals surface area (Å²) in [5, 5.41) is 8.07. The average Bonchev–Trinajstić information content (AvgIpc) is 2.69. The first-order valence-corrected chi connectivity index (χ1v) is 8.14. The molecule has 1 aromatic carbocycles. The number of amidine groups is 1. The molecule has 26 heavy (non-hydrogen) atoms. The number of allylic oxidation sites excluding steroid dienone is 3. The van der Waals surface area contributed by atoms with Gasteiger partial charge in [0.05, 0.1) is 13.3 Å². The summed E-state index contributed by atoms with van der Waals surface area (Å²) >= 11 is 0. The van der Waals surface area contributed by atoms with Crippen LogP contribution in [0.1, 0.15) is 23.7 Å². The molecule has 1 atom stereocenters. The zero-order chi connectivity index (χ0) is 18.4. The third-order valence-electron chi connectivity index (χ3n) is 3.85. The fourth-order valence-corrected chi connectivity index (χ4v) is 2.50. The average molecular weight is 348 g/mol. The van der Waals surface area contributed by atoms with Gasteiger partial charge in [-0.2, -0.15) is 5.10 Å². The van der Waals surface area contributed by atoms with E-state index in [4.69, 9.17) is 16.2 Å². The van der Waals surface area contributed by atoms with Crippen molar-refractivity contribution in [2.24, 2.45) is 16.5 Å². The van der Waals surface area contributed by atoms with E-state index in [1.807, 2.05) is 48.6 Å². The molecule has 132 valence electrons. The first-order chi connectivity index (χ1) is 12.7. The number of benzene rings is 1. The number of ether oxygens (including phenoxy) is 1. The molecule has 1 aliphatic rings. The number of rotatable bonds is 5. The zero-order valence-corrected chi connectivity index (χ0v) is 14.4. The second-order valence-electron chi connectivity index (χ2n) is 5.69. The Kier molecular flexibility index (Phi) is 5.38. The minimum Gasteiger partial charge on any atom is -0.497 e. The molecule has 7 heteroatoms. The van der Waals surface area contributed by atoms with Gasteiger partial charge in [-0.25, -0.2) is 9.98 Å². The van der Waals surface area contributed by atoms with E-state index < -0.39 is 0 Å². The Balaban J connectivity index is 1.77. The highest BCUT2D eigenvalue weighted by atomic mass is 16.5. The lowest BCUT2D eigenvalue weighted by Crippen LogP contribution is -2.11. The minimum atomic E-state index is 0.0303. The van der Waals surface area contributed by atoms with Gasteiger partial charge in [0.25, 0.3) is 0 Å². The van der Waals surface area contributed by atoms with Crippen LogP contribution in [0.25, 0.3) is 5.70 Å². The van der Waals surface area contributed by atoms with E-state index in [2.05, 4.69) is 20.2 Å². The molecule has 1 unspecified atom stereocenters. The van der Waals surface area contributed by atoms with Crippen LogP contribution in [0.15, 0.2) is 71.6 Å². The summed E-state index contributed by atoms with van der Waals surface area (Å²) in [5.41, 5.74) is 13.4. The van der Waals surface area contributed by atoms with Gasteiger partial charge < -0.3 is 16.2 Å². The number of aliphatic imine (C=N–C) groups is 1.